The van der Waals surface area contributed by atoms with Crippen LogP contribution in [0.3, 0.4) is 0 Å². The summed E-state index contributed by atoms with van der Waals surface area (Å²) in [5, 5.41) is 3.31. The summed E-state index contributed by atoms with van der Waals surface area (Å²) in [6.45, 7) is 4.85. The SMILES string of the molecule is CCNC(=O)[C@H](CC)N(Cc1ccc(Cl)c(Cl)c1)C(=O)CN(c1ccccc1F)S(=O)(=O)c1ccc(C)cc1. The number of amides is 2. The number of rotatable bonds is 11. The summed E-state index contributed by atoms with van der Waals surface area (Å²) in [6, 6.07) is 15.3. The molecule has 0 fully saturated rings. The van der Waals surface area contributed by atoms with Crippen LogP contribution in [0, 0.1) is 12.7 Å². The molecule has 3 aromatic carbocycles. The first kappa shape index (κ1) is 30.4. The van der Waals surface area contributed by atoms with E-state index in [1.807, 2.05) is 6.92 Å². The van der Waals surface area contributed by atoms with Gasteiger partial charge in [-0.25, -0.2) is 12.8 Å². The van der Waals surface area contributed by atoms with Crippen LogP contribution in [0.15, 0.2) is 71.6 Å². The van der Waals surface area contributed by atoms with Crippen molar-refractivity contribution >= 4 is 50.7 Å². The van der Waals surface area contributed by atoms with E-state index in [1.54, 1.807) is 44.2 Å². The third kappa shape index (κ3) is 7.29. The Balaban J connectivity index is 2.08. The van der Waals surface area contributed by atoms with Gasteiger partial charge in [-0.15, -0.1) is 0 Å². The van der Waals surface area contributed by atoms with E-state index >= 15 is 0 Å². The van der Waals surface area contributed by atoms with Crippen LogP contribution >= 0.6 is 23.2 Å². The van der Waals surface area contributed by atoms with Crippen molar-refractivity contribution in [3.8, 4) is 0 Å². The largest absolute Gasteiger partial charge is 0.355 e. The van der Waals surface area contributed by atoms with Gasteiger partial charge in [-0.05, 0) is 62.2 Å². The lowest BCUT2D eigenvalue weighted by atomic mass is 10.1. The van der Waals surface area contributed by atoms with E-state index in [2.05, 4.69) is 5.32 Å². The summed E-state index contributed by atoms with van der Waals surface area (Å²) in [6.07, 6.45) is 0.253. The Labute approximate surface area is 238 Å². The average molecular weight is 595 g/mol. The molecule has 7 nitrogen and oxygen atoms in total. The zero-order valence-electron chi connectivity index (χ0n) is 21.8. The predicted octanol–water partition coefficient (Wildman–Crippen LogP) is 5.58. The Morgan fingerprint density at radius 1 is 0.974 bits per heavy atom. The number of nitrogens with zero attached hydrogens (tertiary/aromatic N) is 2. The number of carbonyl (C=O) groups excluding carboxylic acids is 2. The summed E-state index contributed by atoms with van der Waals surface area (Å²) < 4.78 is 43.2. The van der Waals surface area contributed by atoms with Crippen LogP contribution in [0.5, 0.6) is 0 Å². The quantitative estimate of drug-likeness (QED) is 0.314. The highest BCUT2D eigenvalue weighted by Crippen LogP contribution is 2.28. The molecule has 0 saturated carbocycles. The van der Waals surface area contributed by atoms with Crippen molar-refractivity contribution in [3.63, 3.8) is 0 Å². The number of para-hydroxylation sites is 1. The summed E-state index contributed by atoms with van der Waals surface area (Å²) >= 11 is 12.2. The van der Waals surface area contributed by atoms with E-state index in [0.29, 0.717) is 17.1 Å². The molecule has 0 radical (unpaired) electrons. The monoisotopic (exact) mass is 593 g/mol. The fourth-order valence-corrected chi connectivity index (χ4v) is 5.79. The Bertz CT molecular complexity index is 1430. The summed E-state index contributed by atoms with van der Waals surface area (Å²) in [4.78, 5) is 28.0. The van der Waals surface area contributed by atoms with E-state index in [0.717, 1.165) is 15.9 Å². The maximum atomic E-state index is 15.0. The van der Waals surface area contributed by atoms with Gasteiger partial charge in [0.25, 0.3) is 10.0 Å². The van der Waals surface area contributed by atoms with Crippen LogP contribution in [0.25, 0.3) is 0 Å². The van der Waals surface area contributed by atoms with Crippen molar-refractivity contribution in [2.24, 2.45) is 0 Å². The number of carbonyl (C=O) groups is 2. The first-order valence-corrected chi connectivity index (χ1v) is 14.5. The number of hydrogen-bond donors (Lipinski definition) is 1. The molecular weight excluding hydrogens is 564 g/mol. The smallest absolute Gasteiger partial charge is 0.264 e. The summed E-state index contributed by atoms with van der Waals surface area (Å²) in [5.74, 6) is -1.90. The fourth-order valence-electron chi connectivity index (χ4n) is 4.05. The molecule has 0 saturated heterocycles. The van der Waals surface area contributed by atoms with Crippen LogP contribution in [0.2, 0.25) is 10.0 Å². The maximum absolute atomic E-state index is 15.0. The minimum Gasteiger partial charge on any atom is -0.355 e. The molecule has 3 rings (SSSR count). The van der Waals surface area contributed by atoms with E-state index in [4.69, 9.17) is 23.2 Å². The Morgan fingerprint density at radius 3 is 2.23 bits per heavy atom. The molecule has 39 heavy (non-hydrogen) atoms. The van der Waals surface area contributed by atoms with Gasteiger partial charge in [0.1, 0.15) is 18.4 Å². The molecule has 11 heteroatoms. The number of aryl methyl sites for hydroxylation is 1. The van der Waals surface area contributed by atoms with E-state index in [-0.39, 0.29) is 28.6 Å². The number of hydrogen-bond acceptors (Lipinski definition) is 4. The van der Waals surface area contributed by atoms with Crippen LogP contribution in [0.4, 0.5) is 10.1 Å². The lowest BCUT2D eigenvalue weighted by Gasteiger charge is -2.33. The van der Waals surface area contributed by atoms with Crippen molar-refractivity contribution in [3.05, 3.63) is 93.7 Å². The molecule has 1 N–H and O–H groups in total. The molecule has 0 aliphatic rings. The van der Waals surface area contributed by atoms with Crippen molar-refractivity contribution in [1.29, 1.82) is 0 Å². The number of nitrogens with one attached hydrogen (secondary N) is 1. The van der Waals surface area contributed by atoms with E-state index in [9.17, 15) is 22.4 Å². The third-order valence-corrected chi connectivity index (χ3v) is 8.60. The number of sulfonamides is 1. The maximum Gasteiger partial charge on any atom is 0.264 e. The second kappa shape index (κ2) is 13.3. The Morgan fingerprint density at radius 2 is 1.64 bits per heavy atom. The predicted molar refractivity (Wildman–Crippen MR) is 152 cm³/mol. The molecule has 3 aromatic rings. The standard InChI is InChI=1S/C28H30Cl2FN3O4S/c1-4-25(28(36)32-5-2)33(17-20-12-15-22(29)23(30)16-20)27(35)18-34(26-9-7-6-8-24(26)31)39(37,38)21-13-10-19(3)11-14-21/h6-16,25H,4-5,17-18H2,1-3H3,(H,32,36)/t25-/m0/s1. The van der Waals surface area contributed by atoms with E-state index < -0.39 is 40.2 Å². The van der Waals surface area contributed by atoms with Gasteiger partial charge in [0.15, 0.2) is 0 Å². The Hall–Kier alpha value is -3.14. The molecule has 0 heterocycles. The van der Waals surface area contributed by atoms with Crippen LogP contribution in [-0.2, 0) is 26.2 Å². The average Bonchev–Trinajstić information content (AvgIpc) is 2.90. The number of benzene rings is 3. The van der Waals surface area contributed by atoms with Crippen LogP contribution in [0.1, 0.15) is 31.4 Å². The fraction of sp³-hybridized carbons (Fsp3) is 0.286. The number of likely N-dealkylation sites (N-methyl/N-ethyl adjacent to an activating group) is 1. The second-order valence-electron chi connectivity index (χ2n) is 8.86. The van der Waals surface area contributed by atoms with Gasteiger partial charge in [-0.3, -0.25) is 13.9 Å². The van der Waals surface area contributed by atoms with Gasteiger partial charge < -0.3 is 10.2 Å². The highest BCUT2D eigenvalue weighted by Gasteiger charge is 2.34. The van der Waals surface area contributed by atoms with E-state index in [1.165, 1.54) is 35.2 Å². The number of halogens is 3. The van der Waals surface area contributed by atoms with Gasteiger partial charge in [0.2, 0.25) is 11.8 Å². The molecular formula is C28H30Cl2FN3O4S. The van der Waals surface area contributed by atoms with Gasteiger partial charge in [-0.2, -0.15) is 0 Å². The molecule has 0 bridgehead atoms. The summed E-state index contributed by atoms with van der Waals surface area (Å²) in [5.41, 5.74) is 1.13. The minimum absolute atomic E-state index is 0.0545. The molecule has 0 aromatic heterocycles. The molecule has 208 valence electrons. The van der Waals surface area contributed by atoms with Crippen molar-refractivity contribution in [2.75, 3.05) is 17.4 Å². The first-order chi connectivity index (χ1) is 18.5. The second-order valence-corrected chi connectivity index (χ2v) is 11.5. The zero-order valence-corrected chi connectivity index (χ0v) is 24.2. The summed E-state index contributed by atoms with van der Waals surface area (Å²) in [7, 11) is -4.36. The van der Waals surface area contributed by atoms with Crippen LogP contribution in [-0.4, -0.2) is 44.3 Å². The normalized spacial score (nSPS) is 12.1. The molecule has 0 aliphatic heterocycles. The molecule has 1 atom stereocenters. The lowest BCUT2D eigenvalue weighted by molar-refractivity contribution is -0.140. The first-order valence-electron chi connectivity index (χ1n) is 12.3. The lowest BCUT2D eigenvalue weighted by Crippen LogP contribution is -2.52. The topological polar surface area (TPSA) is 86.8 Å². The molecule has 0 unspecified atom stereocenters. The van der Waals surface area contributed by atoms with Gasteiger partial charge >= 0.3 is 0 Å². The Kier molecular flexibility index (Phi) is 10.4. The third-order valence-electron chi connectivity index (χ3n) is 6.08. The zero-order chi connectivity index (χ0) is 28.7. The molecule has 0 aliphatic carbocycles. The highest BCUT2D eigenvalue weighted by molar-refractivity contribution is 7.92. The number of anilines is 1. The van der Waals surface area contributed by atoms with Crippen molar-refractivity contribution in [2.45, 2.75) is 44.7 Å². The van der Waals surface area contributed by atoms with Crippen LogP contribution < -0.4 is 9.62 Å². The highest BCUT2D eigenvalue weighted by atomic mass is 35.5. The minimum atomic E-state index is -4.36. The van der Waals surface area contributed by atoms with Gasteiger partial charge in [0, 0.05) is 13.1 Å². The molecule has 0 spiro atoms. The van der Waals surface area contributed by atoms with Crippen molar-refractivity contribution in [1.82, 2.24) is 10.2 Å². The van der Waals surface area contributed by atoms with Gasteiger partial charge in [-0.1, -0.05) is 66.0 Å². The van der Waals surface area contributed by atoms with Gasteiger partial charge in [0.05, 0.1) is 20.6 Å². The van der Waals surface area contributed by atoms with Crippen molar-refractivity contribution < 1.29 is 22.4 Å². The molecule has 2 amide bonds.